The Hall–Kier alpha value is -2.26. The predicted octanol–water partition coefficient (Wildman–Crippen LogP) is 5.12. The fraction of sp³-hybridized carbons (Fsp3) is 0.0526. The molecule has 3 heteroatoms. The van der Waals surface area contributed by atoms with Gasteiger partial charge in [-0.3, -0.25) is 0 Å². The lowest BCUT2D eigenvalue weighted by molar-refractivity contribution is 0.475. The molecule has 0 aliphatic rings. The van der Waals surface area contributed by atoms with E-state index >= 15 is 0 Å². The summed E-state index contributed by atoms with van der Waals surface area (Å²) in [6.45, 7) is 0. The van der Waals surface area contributed by atoms with E-state index in [2.05, 4.69) is 15.9 Å². The van der Waals surface area contributed by atoms with Crippen molar-refractivity contribution in [3.8, 4) is 22.6 Å². The highest BCUT2D eigenvalue weighted by atomic mass is 79.9. The quantitative estimate of drug-likeness (QED) is 0.685. The van der Waals surface area contributed by atoms with Gasteiger partial charge in [0.05, 0.1) is 0 Å². The van der Waals surface area contributed by atoms with Crippen molar-refractivity contribution in [2.75, 3.05) is 0 Å². The zero-order valence-electron chi connectivity index (χ0n) is 11.8. The second-order valence-corrected chi connectivity index (χ2v) is 6.12. The van der Waals surface area contributed by atoms with E-state index in [0.29, 0.717) is 0 Å². The summed E-state index contributed by atoms with van der Waals surface area (Å²) >= 11 is 3.42. The number of benzene rings is 3. The summed E-state index contributed by atoms with van der Waals surface area (Å²) in [5.41, 5.74) is 4.03. The maximum Gasteiger partial charge on any atom is 0.123 e. The van der Waals surface area contributed by atoms with E-state index in [0.717, 1.165) is 33.1 Å². The maximum absolute atomic E-state index is 10.1. The van der Waals surface area contributed by atoms with Crippen molar-refractivity contribution in [2.24, 2.45) is 0 Å². The van der Waals surface area contributed by atoms with Crippen LogP contribution >= 0.6 is 15.9 Å². The van der Waals surface area contributed by atoms with Crippen LogP contribution in [0.15, 0.2) is 71.2 Å². The molecule has 0 bridgehead atoms. The molecule has 0 atom stereocenters. The Morgan fingerprint density at radius 2 is 1.36 bits per heavy atom. The normalized spacial score (nSPS) is 10.6. The third-order valence-corrected chi connectivity index (χ3v) is 4.09. The fourth-order valence-corrected chi connectivity index (χ4v) is 2.67. The monoisotopic (exact) mass is 354 g/mol. The molecule has 0 radical (unpaired) electrons. The minimum Gasteiger partial charge on any atom is -0.508 e. The van der Waals surface area contributed by atoms with Crippen molar-refractivity contribution in [3.05, 3.63) is 82.3 Å². The number of aromatic hydroxyl groups is 2. The zero-order valence-corrected chi connectivity index (χ0v) is 13.4. The number of hydrogen-bond donors (Lipinski definition) is 2. The van der Waals surface area contributed by atoms with Gasteiger partial charge in [-0.15, -0.1) is 0 Å². The van der Waals surface area contributed by atoms with Gasteiger partial charge in [0.2, 0.25) is 0 Å². The Bertz CT molecular complexity index is 778. The summed E-state index contributed by atoms with van der Waals surface area (Å²) in [6.07, 6.45) is 0.754. The summed E-state index contributed by atoms with van der Waals surface area (Å²) in [5.74, 6) is 0.543. The number of rotatable bonds is 3. The molecule has 3 aromatic rings. The Morgan fingerprint density at radius 3 is 2.05 bits per heavy atom. The van der Waals surface area contributed by atoms with Gasteiger partial charge in [0.15, 0.2) is 0 Å². The van der Waals surface area contributed by atoms with Crippen LogP contribution in [0.25, 0.3) is 11.1 Å². The van der Waals surface area contributed by atoms with Crippen molar-refractivity contribution in [1.29, 1.82) is 0 Å². The first-order valence-corrected chi connectivity index (χ1v) is 7.77. The molecule has 0 heterocycles. The van der Waals surface area contributed by atoms with Crippen LogP contribution in [-0.4, -0.2) is 10.2 Å². The van der Waals surface area contributed by atoms with Crippen molar-refractivity contribution in [3.63, 3.8) is 0 Å². The van der Waals surface area contributed by atoms with Crippen LogP contribution < -0.4 is 0 Å². The average Bonchev–Trinajstić information content (AvgIpc) is 2.52. The highest BCUT2D eigenvalue weighted by molar-refractivity contribution is 9.10. The molecule has 3 rings (SSSR count). The van der Waals surface area contributed by atoms with E-state index in [-0.39, 0.29) is 11.5 Å². The minimum absolute atomic E-state index is 0.269. The standard InChI is InChI=1S/C19H15BrO2/c20-16-6-4-15(5-7-16)18-12-14(3-10-19(18)22)11-13-1-8-17(21)9-2-13/h1-10,12,21-22H,11H2. The smallest absolute Gasteiger partial charge is 0.123 e. The number of phenols is 2. The maximum atomic E-state index is 10.1. The fourth-order valence-electron chi connectivity index (χ4n) is 2.40. The molecule has 0 amide bonds. The van der Waals surface area contributed by atoms with Gasteiger partial charge in [-0.25, -0.2) is 0 Å². The summed E-state index contributed by atoms with van der Waals surface area (Å²) < 4.78 is 1.01. The Balaban J connectivity index is 1.92. The average molecular weight is 355 g/mol. The molecule has 0 aliphatic carbocycles. The third kappa shape index (κ3) is 3.31. The number of phenolic OH excluding ortho intramolecular Hbond substituents is 2. The molecule has 0 aromatic heterocycles. The van der Waals surface area contributed by atoms with Gasteiger partial charge in [0.1, 0.15) is 11.5 Å². The molecule has 2 N–H and O–H groups in total. The summed E-state index contributed by atoms with van der Waals surface area (Å²) in [5, 5.41) is 19.5. The molecule has 0 saturated heterocycles. The van der Waals surface area contributed by atoms with E-state index in [1.165, 1.54) is 0 Å². The van der Waals surface area contributed by atoms with Crippen molar-refractivity contribution in [2.45, 2.75) is 6.42 Å². The number of hydrogen-bond acceptors (Lipinski definition) is 2. The van der Waals surface area contributed by atoms with Crippen LogP contribution in [0.5, 0.6) is 11.5 Å². The molecule has 110 valence electrons. The molecule has 22 heavy (non-hydrogen) atoms. The molecule has 0 saturated carbocycles. The van der Waals surface area contributed by atoms with Gasteiger partial charge in [0, 0.05) is 10.0 Å². The molecule has 0 spiro atoms. The largest absolute Gasteiger partial charge is 0.508 e. The van der Waals surface area contributed by atoms with Gasteiger partial charge in [-0.05, 0) is 59.5 Å². The van der Waals surface area contributed by atoms with Gasteiger partial charge >= 0.3 is 0 Å². The first-order valence-electron chi connectivity index (χ1n) is 6.97. The minimum atomic E-state index is 0.269. The first kappa shape index (κ1) is 14.7. The van der Waals surface area contributed by atoms with E-state index in [4.69, 9.17) is 0 Å². The van der Waals surface area contributed by atoms with Gasteiger partial charge < -0.3 is 10.2 Å². The lowest BCUT2D eigenvalue weighted by Gasteiger charge is -2.09. The first-order chi connectivity index (χ1) is 10.6. The van der Waals surface area contributed by atoms with Crippen LogP contribution in [0, 0.1) is 0 Å². The van der Waals surface area contributed by atoms with Crippen LogP contribution in [0.2, 0.25) is 0 Å². The van der Waals surface area contributed by atoms with Gasteiger partial charge in [-0.2, -0.15) is 0 Å². The second kappa shape index (κ2) is 6.24. The van der Waals surface area contributed by atoms with Gasteiger partial charge in [0.25, 0.3) is 0 Å². The lowest BCUT2D eigenvalue weighted by Crippen LogP contribution is -1.89. The molecule has 2 nitrogen and oxygen atoms in total. The summed E-state index contributed by atoms with van der Waals surface area (Å²) in [6, 6.07) is 20.7. The topological polar surface area (TPSA) is 40.5 Å². The highest BCUT2D eigenvalue weighted by Crippen LogP contribution is 2.31. The molecule has 0 fully saturated rings. The van der Waals surface area contributed by atoms with Crippen LogP contribution in [0.4, 0.5) is 0 Å². The predicted molar refractivity (Wildman–Crippen MR) is 92.2 cm³/mol. The molecular formula is C19H15BrO2. The molecule has 0 unspecified atom stereocenters. The highest BCUT2D eigenvalue weighted by Gasteiger charge is 2.06. The van der Waals surface area contributed by atoms with Crippen molar-refractivity contribution in [1.82, 2.24) is 0 Å². The van der Waals surface area contributed by atoms with Crippen LogP contribution in [0.3, 0.4) is 0 Å². The summed E-state index contributed by atoms with van der Waals surface area (Å²) in [4.78, 5) is 0. The number of halogens is 1. The molecule has 3 aromatic carbocycles. The van der Waals surface area contributed by atoms with Crippen molar-refractivity contribution < 1.29 is 10.2 Å². The van der Waals surface area contributed by atoms with E-state index in [1.807, 2.05) is 48.5 Å². The zero-order chi connectivity index (χ0) is 15.5. The van der Waals surface area contributed by atoms with Crippen molar-refractivity contribution >= 4 is 15.9 Å². The van der Waals surface area contributed by atoms with Crippen LogP contribution in [-0.2, 0) is 6.42 Å². The molecular weight excluding hydrogens is 340 g/mol. The summed E-state index contributed by atoms with van der Waals surface area (Å²) in [7, 11) is 0. The van der Waals surface area contributed by atoms with E-state index in [1.54, 1.807) is 18.2 Å². The Labute approximate surface area is 137 Å². The third-order valence-electron chi connectivity index (χ3n) is 3.56. The van der Waals surface area contributed by atoms with E-state index in [9.17, 15) is 10.2 Å². The molecule has 0 aliphatic heterocycles. The lowest BCUT2D eigenvalue weighted by atomic mass is 9.98. The Morgan fingerprint density at radius 1 is 0.727 bits per heavy atom. The SMILES string of the molecule is Oc1ccc(Cc2ccc(O)c(-c3ccc(Br)cc3)c2)cc1. The second-order valence-electron chi connectivity index (χ2n) is 5.20. The van der Waals surface area contributed by atoms with E-state index < -0.39 is 0 Å². The van der Waals surface area contributed by atoms with Gasteiger partial charge in [-0.1, -0.05) is 46.3 Å². The van der Waals surface area contributed by atoms with Crippen LogP contribution in [0.1, 0.15) is 11.1 Å². The Kier molecular flexibility index (Phi) is 4.16.